The lowest BCUT2D eigenvalue weighted by atomic mass is 9.91. The first-order valence-electron chi connectivity index (χ1n) is 13.6. The standard InChI is InChI=1S/C31H33N3O7/c1-20-15-25(29(36)32-28(18-35)23-11-13-39-14-12-23)7-10-27(20)24-4-2-3-22(16-24)19-40-26-8-5-21(6-9-26)17-34-30(37)33-31(38)41-34/h2-10,15-16,23,28,35H,11-14,17-19H2,1H3,(H,32,36)(H,33,37,38). The first-order valence-corrected chi connectivity index (χ1v) is 13.6. The normalized spacial score (nSPS) is 14.5. The number of H-pyrrole nitrogens is 1. The van der Waals surface area contributed by atoms with Crippen molar-refractivity contribution in [3.8, 4) is 16.9 Å². The highest BCUT2D eigenvalue weighted by atomic mass is 16.5. The number of carbonyl (C=O) groups excluding carboxylic acids is 1. The summed E-state index contributed by atoms with van der Waals surface area (Å²) in [6, 6.07) is 20.6. The van der Waals surface area contributed by atoms with Crippen LogP contribution < -0.4 is 21.5 Å². The minimum Gasteiger partial charge on any atom is -0.489 e. The van der Waals surface area contributed by atoms with Gasteiger partial charge in [-0.3, -0.25) is 4.79 Å². The second-order valence-corrected chi connectivity index (χ2v) is 10.2. The molecule has 214 valence electrons. The molecular weight excluding hydrogens is 526 g/mol. The van der Waals surface area contributed by atoms with Crippen LogP contribution in [0.2, 0.25) is 0 Å². The number of aliphatic hydroxyl groups excluding tert-OH is 1. The second-order valence-electron chi connectivity index (χ2n) is 10.2. The highest BCUT2D eigenvalue weighted by Gasteiger charge is 2.25. The summed E-state index contributed by atoms with van der Waals surface area (Å²) in [7, 11) is 0. The number of hydrogen-bond acceptors (Lipinski definition) is 7. The molecule has 1 atom stereocenters. The first-order chi connectivity index (χ1) is 19.9. The van der Waals surface area contributed by atoms with E-state index in [9.17, 15) is 19.5 Å². The number of ether oxygens (including phenoxy) is 2. The molecule has 1 aromatic heterocycles. The predicted molar refractivity (Wildman–Crippen MR) is 152 cm³/mol. The summed E-state index contributed by atoms with van der Waals surface area (Å²) >= 11 is 0. The van der Waals surface area contributed by atoms with Gasteiger partial charge in [0.05, 0.1) is 19.2 Å². The maximum absolute atomic E-state index is 13.0. The summed E-state index contributed by atoms with van der Waals surface area (Å²) in [5.41, 5.74) is 4.73. The zero-order chi connectivity index (χ0) is 28.8. The lowest BCUT2D eigenvalue weighted by Crippen LogP contribution is -2.44. The lowest BCUT2D eigenvalue weighted by molar-refractivity contribution is 0.0420. The highest BCUT2D eigenvalue weighted by molar-refractivity contribution is 5.95. The summed E-state index contributed by atoms with van der Waals surface area (Å²) < 4.78 is 17.1. The van der Waals surface area contributed by atoms with Gasteiger partial charge < -0.3 is 24.4 Å². The summed E-state index contributed by atoms with van der Waals surface area (Å²) in [6.07, 6.45) is 1.65. The fourth-order valence-corrected chi connectivity index (χ4v) is 5.08. The van der Waals surface area contributed by atoms with Crippen molar-refractivity contribution in [2.24, 2.45) is 5.92 Å². The molecule has 0 aliphatic carbocycles. The minimum absolute atomic E-state index is 0.0963. The van der Waals surface area contributed by atoms with Gasteiger partial charge in [0.1, 0.15) is 12.4 Å². The van der Waals surface area contributed by atoms with Crippen LogP contribution in [0, 0.1) is 12.8 Å². The number of benzene rings is 3. The van der Waals surface area contributed by atoms with Crippen LogP contribution in [0.15, 0.2) is 80.8 Å². The van der Waals surface area contributed by atoms with Gasteiger partial charge in [-0.05, 0) is 83.8 Å². The number of nitrogens with zero attached hydrogens (tertiary/aromatic N) is 1. The minimum atomic E-state index is -0.786. The number of rotatable bonds is 10. The Bertz CT molecular complexity index is 1600. The van der Waals surface area contributed by atoms with E-state index >= 15 is 0 Å². The topological polar surface area (TPSA) is 136 Å². The molecule has 3 aromatic carbocycles. The van der Waals surface area contributed by atoms with E-state index in [0.29, 0.717) is 31.1 Å². The van der Waals surface area contributed by atoms with Crippen LogP contribution >= 0.6 is 0 Å². The van der Waals surface area contributed by atoms with Gasteiger partial charge in [0.2, 0.25) is 0 Å². The van der Waals surface area contributed by atoms with Gasteiger partial charge in [-0.2, -0.15) is 0 Å². The molecule has 4 aromatic rings. The Morgan fingerprint density at radius 2 is 1.85 bits per heavy atom. The SMILES string of the molecule is Cc1cc(C(=O)NC(CO)C2CCOCC2)ccc1-c1cccc(COc2ccc(Cn3oc(=O)[nH]c3=O)cc2)c1. The van der Waals surface area contributed by atoms with E-state index in [1.165, 1.54) is 0 Å². The molecule has 5 rings (SSSR count). The van der Waals surface area contributed by atoms with Crippen LogP contribution in [0.25, 0.3) is 11.1 Å². The molecule has 1 aliphatic rings. The number of aryl methyl sites for hydroxylation is 1. The maximum Gasteiger partial charge on any atom is 0.440 e. The monoisotopic (exact) mass is 559 g/mol. The molecule has 1 amide bonds. The Labute approximate surface area is 236 Å². The zero-order valence-corrected chi connectivity index (χ0v) is 22.8. The van der Waals surface area contributed by atoms with Crippen LogP contribution in [0.5, 0.6) is 5.75 Å². The van der Waals surface area contributed by atoms with Gasteiger partial charge in [-0.25, -0.2) is 14.6 Å². The lowest BCUT2D eigenvalue weighted by Gasteiger charge is -2.29. The molecule has 41 heavy (non-hydrogen) atoms. The molecule has 3 N–H and O–H groups in total. The van der Waals surface area contributed by atoms with Gasteiger partial charge >= 0.3 is 11.4 Å². The van der Waals surface area contributed by atoms with E-state index in [2.05, 4.69) is 16.4 Å². The Morgan fingerprint density at radius 1 is 1.07 bits per heavy atom. The summed E-state index contributed by atoms with van der Waals surface area (Å²) in [5, 5.41) is 12.9. The molecule has 0 saturated carbocycles. The Kier molecular flexibility index (Phi) is 8.81. The smallest absolute Gasteiger partial charge is 0.440 e. The van der Waals surface area contributed by atoms with Crippen molar-refractivity contribution in [3.05, 3.63) is 110 Å². The molecule has 1 unspecified atom stereocenters. The molecular formula is C31H33N3O7. The highest BCUT2D eigenvalue weighted by Crippen LogP contribution is 2.26. The Balaban J connectivity index is 1.20. The van der Waals surface area contributed by atoms with E-state index in [1.54, 1.807) is 24.3 Å². The fraction of sp³-hybridized carbons (Fsp3) is 0.323. The summed E-state index contributed by atoms with van der Waals surface area (Å²) in [6.45, 7) is 3.68. The van der Waals surface area contributed by atoms with E-state index in [-0.39, 0.29) is 31.0 Å². The number of hydrogen-bond donors (Lipinski definition) is 3. The number of aromatic amines is 1. The molecule has 1 fully saturated rings. The van der Waals surface area contributed by atoms with Gasteiger partial charge in [-0.15, -0.1) is 4.74 Å². The van der Waals surface area contributed by atoms with Crippen molar-refractivity contribution < 1.29 is 23.9 Å². The third-order valence-corrected chi connectivity index (χ3v) is 7.36. The average molecular weight is 560 g/mol. The summed E-state index contributed by atoms with van der Waals surface area (Å²) in [4.78, 5) is 37.8. The van der Waals surface area contributed by atoms with Crippen molar-refractivity contribution in [2.75, 3.05) is 19.8 Å². The molecule has 0 spiro atoms. The van der Waals surface area contributed by atoms with Gasteiger partial charge in [-0.1, -0.05) is 36.4 Å². The fourth-order valence-electron chi connectivity index (χ4n) is 5.08. The number of nitrogens with one attached hydrogen (secondary N) is 2. The summed E-state index contributed by atoms with van der Waals surface area (Å²) in [5.74, 6) is -0.106. The Hall–Kier alpha value is -4.41. The molecule has 10 nitrogen and oxygen atoms in total. The quantitative estimate of drug-likeness (QED) is 0.271. The maximum atomic E-state index is 13.0. The van der Waals surface area contributed by atoms with Crippen molar-refractivity contribution >= 4 is 5.91 Å². The van der Waals surface area contributed by atoms with Crippen LogP contribution in [0.3, 0.4) is 0 Å². The molecule has 0 bridgehead atoms. The third-order valence-electron chi connectivity index (χ3n) is 7.36. The number of amides is 1. The van der Waals surface area contributed by atoms with E-state index in [0.717, 1.165) is 45.4 Å². The number of carbonyl (C=O) groups is 1. The zero-order valence-electron chi connectivity index (χ0n) is 22.8. The molecule has 1 saturated heterocycles. The third kappa shape index (κ3) is 7.03. The van der Waals surface area contributed by atoms with Gasteiger partial charge in [0, 0.05) is 18.8 Å². The van der Waals surface area contributed by atoms with Crippen LogP contribution in [-0.4, -0.2) is 46.6 Å². The Morgan fingerprint density at radius 3 is 2.54 bits per heavy atom. The van der Waals surface area contributed by atoms with Crippen molar-refractivity contribution in [1.29, 1.82) is 0 Å². The van der Waals surface area contributed by atoms with Gasteiger partial charge in [0.15, 0.2) is 0 Å². The van der Waals surface area contributed by atoms with Crippen molar-refractivity contribution in [1.82, 2.24) is 15.0 Å². The van der Waals surface area contributed by atoms with Gasteiger partial charge in [0.25, 0.3) is 5.91 Å². The molecule has 1 aliphatic heterocycles. The van der Waals surface area contributed by atoms with Crippen molar-refractivity contribution in [2.45, 2.75) is 39.0 Å². The van der Waals surface area contributed by atoms with Crippen molar-refractivity contribution in [3.63, 3.8) is 0 Å². The van der Waals surface area contributed by atoms with E-state index in [4.69, 9.17) is 14.0 Å². The molecule has 0 radical (unpaired) electrons. The number of aromatic nitrogens is 2. The second kappa shape index (κ2) is 12.8. The van der Waals surface area contributed by atoms with Crippen LogP contribution in [-0.2, 0) is 17.9 Å². The molecule has 10 heteroatoms. The predicted octanol–water partition coefficient (Wildman–Crippen LogP) is 3.25. The van der Waals surface area contributed by atoms with Crippen LogP contribution in [0.4, 0.5) is 0 Å². The van der Waals surface area contributed by atoms with E-state index < -0.39 is 11.4 Å². The number of aliphatic hydroxyl groups is 1. The molecule has 2 heterocycles. The van der Waals surface area contributed by atoms with Crippen LogP contribution in [0.1, 0.15) is 39.9 Å². The average Bonchev–Trinajstić information content (AvgIpc) is 3.31. The largest absolute Gasteiger partial charge is 0.489 e. The first kappa shape index (κ1) is 28.1. The van der Waals surface area contributed by atoms with E-state index in [1.807, 2.05) is 43.3 Å².